The highest BCUT2D eigenvalue weighted by Crippen LogP contribution is 2.10. The molecule has 0 spiro atoms. The summed E-state index contributed by atoms with van der Waals surface area (Å²) in [6.45, 7) is 9.39. The number of carbonyl (C=O) groups excluding carboxylic acids is 1. The van der Waals surface area contributed by atoms with E-state index in [9.17, 15) is 4.79 Å². The van der Waals surface area contributed by atoms with Crippen molar-refractivity contribution in [1.82, 2.24) is 10.6 Å². The van der Waals surface area contributed by atoms with Crippen molar-refractivity contribution in [1.29, 1.82) is 0 Å². The second-order valence-corrected chi connectivity index (χ2v) is 4.83. The van der Waals surface area contributed by atoms with Crippen LogP contribution in [0.4, 0.5) is 0 Å². The molecule has 0 saturated heterocycles. The molecular weight excluding hydrogens is 252 g/mol. The fourth-order valence-electron chi connectivity index (χ4n) is 1.89. The summed E-state index contributed by atoms with van der Waals surface area (Å²) in [5.74, 6) is 0.0613. The molecule has 0 aliphatic carbocycles. The van der Waals surface area contributed by atoms with Crippen LogP contribution in [0.3, 0.4) is 0 Å². The molecule has 20 heavy (non-hydrogen) atoms. The molecule has 4 heteroatoms. The zero-order chi connectivity index (χ0) is 14.8. The first kappa shape index (κ1) is 16.7. The van der Waals surface area contributed by atoms with E-state index in [-0.39, 0.29) is 11.8 Å². The Labute approximate surface area is 121 Å². The number of hydrogen-bond donors (Lipinski definition) is 2. The van der Waals surface area contributed by atoms with Crippen LogP contribution in [-0.2, 0) is 22.7 Å². The third-order valence-electron chi connectivity index (χ3n) is 3.18. The first-order valence-corrected chi connectivity index (χ1v) is 7.32. The lowest BCUT2D eigenvalue weighted by Crippen LogP contribution is -2.35. The molecule has 1 amide bonds. The molecule has 0 bridgehead atoms. The molecule has 0 heterocycles. The molecule has 1 rings (SSSR count). The maximum atomic E-state index is 12.0. The lowest BCUT2D eigenvalue weighted by molar-refractivity contribution is -0.124. The van der Waals surface area contributed by atoms with Crippen LogP contribution in [0.2, 0.25) is 0 Å². The van der Waals surface area contributed by atoms with Gasteiger partial charge in [0.1, 0.15) is 0 Å². The fraction of sp³-hybridized carbons (Fsp3) is 0.562. The topological polar surface area (TPSA) is 50.4 Å². The Morgan fingerprint density at radius 2 is 1.95 bits per heavy atom. The zero-order valence-electron chi connectivity index (χ0n) is 12.7. The molecule has 0 aliphatic heterocycles. The Hall–Kier alpha value is -1.39. The Kier molecular flexibility index (Phi) is 7.92. The molecular formula is C16H26N2O2. The van der Waals surface area contributed by atoms with Crippen molar-refractivity contribution in [2.45, 2.75) is 33.9 Å². The van der Waals surface area contributed by atoms with Gasteiger partial charge in [0, 0.05) is 25.6 Å². The van der Waals surface area contributed by atoms with Crippen molar-refractivity contribution in [3.05, 3.63) is 35.4 Å². The van der Waals surface area contributed by atoms with Crippen LogP contribution >= 0.6 is 0 Å². The van der Waals surface area contributed by atoms with Crippen LogP contribution in [0.25, 0.3) is 0 Å². The van der Waals surface area contributed by atoms with E-state index in [0.717, 1.165) is 17.7 Å². The van der Waals surface area contributed by atoms with Crippen LogP contribution in [0, 0.1) is 5.92 Å². The number of benzene rings is 1. The highest BCUT2D eigenvalue weighted by molar-refractivity contribution is 5.78. The van der Waals surface area contributed by atoms with Gasteiger partial charge < -0.3 is 15.4 Å². The predicted octanol–water partition coefficient (Wildman–Crippen LogP) is 2.08. The molecule has 1 atom stereocenters. The lowest BCUT2D eigenvalue weighted by atomic mass is 10.1. The molecule has 0 fully saturated rings. The number of nitrogens with one attached hydrogen (secondary N) is 2. The largest absolute Gasteiger partial charge is 0.377 e. The average molecular weight is 278 g/mol. The molecule has 1 aromatic carbocycles. The first-order valence-electron chi connectivity index (χ1n) is 7.32. The second kappa shape index (κ2) is 9.50. The van der Waals surface area contributed by atoms with Gasteiger partial charge in [0.2, 0.25) is 5.91 Å². The van der Waals surface area contributed by atoms with Gasteiger partial charge in [-0.05, 0) is 24.6 Å². The predicted molar refractivity (Wildman–Crippen MR) is 81.3 cm³/mol. The van der Waals surface area contributed by atoms with Crippen LogP contribution in [0.15, 0.2) is 24.3 Å². The summed E-state index contributed by atoms with van der Waals surface area (Å²) in [6, 6.07) is 8.05. The van der Waals surface area contributed by atoms with Crippen molar-refractivity contribution in [3.8, 4) is 0 Å². The minimum absolute atomic E-state index is 0.0194. The molecule has 1 unspecified atom stereocenters. The van der Waals surface area contributed by atoms with Gasteiger partial charge in [-0.1, -0.05) is 38.1 Å². The van der Waals surface area contributed by atoms with Gasteiger partial charge in [0.15, 0.2) is 0 Å². The number of rotatable bonds is 9. The first-order chi connectivity index (χ1) is 9.69. The summed E-state index contributed by atoms with van der Waals surface area (Å²) in [5.41, 5.74) is 2.25. The Morgan fingerprint density at radius 1 is 1.25 bits per heavy atom. The maximum absolute atomic E-state index is 12.0. The second-order valence-electron chi connectivity index (χ2n) is 4.83. The van der Waals surface area contributed by atoms with Crippen molar-refractivity contribution in [2.24, 2.45) is 5.92 Å². The van der Waals surface area contributed by atoms with E-state index < -0.39 is 0 Å². The number of hydrogen-bond acceptors (Lipinski definition) is 3. The molecule has 2 N–H and O–H groups in total. The lowest BCUT2D eigenvalue weighted by Gasteiger charge is -2.14. The third-order valence-corrected chi connectivity index (χ3v) is 3.18. The summed E-state index contributed by atoms with van der Waals surface area (Å²) < 4.78 is 5.44. The van der Waals surface area contributed by atoms with E-state index in [4.69, 9.17) is 4.74 Å². The van der Waals surface area contributed by atoms with Crippen LogP contribution in [0.1, 0.15) is 31.9 Å². The van der Waals surface area contributed by atoms with Gasteiger partial charge in [0.25, 0.3) is 0 Å². The van der Waals surface area contributed by atoms with E-state index in [1.807, 2.05) is 45.0 Å². The standard InChI is InChI=1S/C16H26N2O2/c1-4-17-10-13(3)16(19)18-11-14-8-6-7-9-15(14)12-20-5-2/h6-9,13,17H,4-5,10-12H2,1-3H3,(H,18,19). The van der Waals surface area contributed by atoms with Gasteiger partial charge in [-0.2, -0.15) is 0 Å². The molecule has 4 nitrogen and oxygen atoms in total. The van der Waals surface area contributed by atoms with Gasteiger partial charge in [-0.15, -0.1) is 0 Å². The van der Waals surface area contributed by atoms with Crippen molar-refractivity contribution >= 4 is 5.91 Å². The van der Waals surface area contributed by atoms with E-state index in [2.05, 4.69) is 10.6 Å². The maximum Gasteiger partial charge on any atom is 0.224 e. The summed E-state index contributed by atoms with van der Waals surface area (Å²) in [6.07, 6.45) is 0. The molecule has 112 valence electrons. The normalized spacial score (nSPS) is 12.2. The van der Waals surface area contributed by atoms with Gasteiger partial charge in [-0.25, -0.2) is 0 Å². The average Bonchev–Trinajstić information content (AvgIpc) is 2.48. The minimum Gasteiger partial charge on any atom is -0.377 e. The summed E-state index contributed by atoms with van der Waals surface area (Å²) in [5, 5.41) is 6.18. The minimum atomic E-state index is -0.0194. The van der Waals surface area contributed by atoms with Gasteiger partial charge >= 0.3 is 0 Å². The smallest absolute Gasteiger partial charge is 0.224 e. The molecule has 0 saturated carbocycles. The molecule has 0 aliphatic rings. The third kappa shape index (κ3) is 5.72. The van der Waals surface area contributed by atoms with E-state index in [0.29, 0.717) is 26.3 Å². The summed E-state index contributed by atoms with van der Waals surface area (Å²) >= 11 is 0. The van der Waals surface area contributed by atoms with Crippen molar-refractivity contribution in [2.75, 3.05) is 19.7 Å². The Bertz CT molecular complexity index is 407. The van der Waals surface area contributed by atoms with Crippen LogP contribution < -0.4 is 10.6 Å². The monoisotopic (exact) mass is 278 g/mol. The van der Waals surface area contributed by atoms with Gasteiger partial charge in [-0.3, -0.25) is 4.79 Å². The number of ether oxygens (including phenoxy) is 1. The van der Waals surface area contributed by atoms with Crippen molar-refractivity contribution < 1.29 is 9.53 Å². The highest BCUT2D eigenvalue weighted by Gasteiger charge is 2.12. The van der Waals surface area contributed by atoms with Crippen molar-refractivity contribution in [3.63, 3.8) is 0 Å². The molecule has 1 aromatic rings. The zero-order valence-corrected chi connectivity index (χ0v) is 12.7. The van der Waals surface area contributed by atoms with Crippen LogP contribution in [0.5, 0.6) is 0 Å². The van der Waals surface area contributed by atoms with E-state index in [1.54, 1.807) is 0 Å². The number of carbonyl (C=O) groups is 1. The molecule has 0 aromatic heterocycles. The number of amides is 1. The van der Waals surface area contributed by atoms with E-state index in [1.165, 1.54) is 0 Å². The SMILES string of the molecule is CCNCC(C)C(=O)NCc1ccccc1COCC. The molecule has 0 radical (unpaired) electrons. The summed E-state index contributed by atoms with van der Waals surface area (Å²) in [7, 11) is 0. The Morgan fingerprint density at radius 3 is 2.60 bits per heavy atom. The van der Waals surface area contributed by atoms with Crippen LogP contribution in [-0.4, -0.2) is 25.6 Å². The quantitative estimate of drug-likeness (QED) is 0.727. The fourth-order valence-corrected chi connectivity index (χ4v) is 1.89. The van der Waals surface area contributed by atoms with Gasteiger partial charge in [0.05, 0.1) is 6.61 Å². The summed E-state index contributed by atoms with van der Waals surface area (Å²) in [4.78, 5) is 12.0. The Balaban J connectivity index is 2.50. The van der Waals surface area contributed by atoms with E-state index >= 15 is 0 Å². The highest BCUT2D eigenvalue weighted by atomic mass is 16.5.